The Labute approximate surface area is 185 Å². The maximum absolute atomic E-state index is 13.4. The zero-order chi connectivity index (χ0) is 23.7. The third-order valence-electron chi connectivity index (χ3n) is 5.09. The largest absolute Gasteiger partial charge is 0.480 e. The van der Waals surface area contributed by atoms with Gasteiger partial charge in [0, 0.05) is 31.1 Å². The minimum Gasteiger partial charge on any atom is -0.480 e. The van der Waals surface area contributed by atoms with Crippen molar-refractivity contribution in [1.82, 2.24) is 9.21 Å². The SMILES string of the molecule is CC(C)(C)OC(=O)N1CCC(CN(CC(=O)O)S(=O)(=O)c2cc3cc(F)ccc3o2)CC1. The quantitative estimate of drug-likeness (QED) is 0.688. The molecule has 1 N–H and O–H groups in total. The van der Waals surface area contributed by atoms with Gasteiger partial charge < -0.3 is 19.2 Å². The fraction of sp³-hybridized carbons (Fsp3) is 0.524. The van der Waals surface area contributed by atoms with Crippen LogP contribution in [-0.2, 0) is 19.6 Å². The van der Waals surface area contributed by atoms with E-state index in [0.717, 1.165) is 16.4 Å². The number of rotatable bonds is 6. The number of likely N-dealkylation sites (tertiary alicyclic amines) is 1. The van der Waals surface area contributed by atoms with Crippen LogP contribution in [0.15, 0.2) is 33.8 Å². The molecular formula is C21H27FN2O7S. The monoisotopic (exact) mass is 470 g/mol. The first-order valence-electron chi connectivity index (χ1n) is 10.2. The second-order valence-corrected chi connectivity index (χ2v) is 10.7. The number of ether oxygens (including phenoxy) is 1. The van der Waals surface area contributed by atoms with Crippen LogP contribution in [0.1, 0.15) is 33.6 Å². The number of carbonyl (C=O) groups excluding carboxylic acids is 1. The number of piperidine rings is 1. The average molecular weight is 471 g/mol. The lowest BCUT2D eigenvalue weighted by molar-refractivity contribution is -0.137. The summed E-state index contributed by atoms with van der Waals surface area (Å²) < 4.78 is 51.3. The molecule has 1 aliphatic rings. The Hall–Kier alpha value is -2.66. The first-order valence-corrected chi connectivity index (χ1v) is 11.7. The number of nitrogens with zero attached hydrogens (tertiary/aromatic N) is 2. The van der Waals surface area contributed by atoms with E-state index in [1.165, 1.54) is 12.1 Å². The van der Waals surface area contributed by atoms with Gasteiger partial charge in [-0.05, 0) is 57.7 Å². The zero-order valence-electron chi connectivity index (χ0n) is 18.2. The second kappa shape index (κ2) is 9.07. The molecule has 1 aromatic heterocycles. The molecule has 0 spiro atoms. The first kappa shape index (κ1) is 24.0. The Kier molecular flexibility index (Phi) is 6.80. The number of furan rings is 1. The van der Waals surface area contributed by atoms with Gasteiger partial charge in [-0.3, -0.25) is 4.79 Å². The number of carbonyl (C=O) groups is 2. The fourth-order valence-electron chi connectivity index (χ4n) is 3.56. The molecule has 0 unspecified atom stereocenters. The number of carboxylic acid groups (broad SMARTS) is 1. The maximum atomic E-state index is 13.4. The number of hydrogen-bond acceptors (Lipinski definition) is 6. The number of benzene rings is 1. The molecule has 2 heterocycles. The Morgan fingerprint density at radius 3 is 2.50 bits per heavy atom. The van der Waals surface area contributed by atoms with Crippen LogP contribution in [0, 0.1) is 11.7 Å². The molecule has 9 nitrogen and oxygen atoms in total. The van der Waals surface area contributed by atoms with E-state index in [0.29, 0.717) is 25.9 Å². The highest BCUT2D eigenvalue weighted by Crippen LogP contribution is 2.28. The minimum atomic E-state index is -4.27. The Balaban J connectivity index is 1.73. The summed E-state index contributed by atoms with van der Waals surface area (Å²) in [6.07, 6.45) is 0.562. The number of sulfonamides is 1. The Morgan fingerprint density at radius 1 is 1.25 bits per heavy atom. The first-order chi connectivity index (χ1) is 14.8. The van der Waals surface area contributed by atoms with Crippen molar-refractivity contribution >= 4 is 33.1 Å². The summed E-state index contributed by atoms with van der Waals surface area (Å²) in [5.41, 5.74) is -0.429. The third-order valence-corrected chi connectivity index (χ3v) is 6.76. The highest BCUT2D eigenvalue weighted by Gasteiger charge is 2.34. The van der Waals surface area contributed by atoms with Crippen molar-refractivity contribution in [2.24, 2.45) is 5.92 Å². The summed E-state index contributed by atoms with van der Waals surface area (Å²) in [5.74, 6) is -1.99. The molecule has 1 amide bonds. The van der Waals surface area contributed by atoms with E-state index in [1.54, 1.807) is 25.7 Å². The molecule has 1 fully saturated rings. The van der Waals surface area contributed by atoms with Crippen LogP contribution in [0.3, 0.4) is 0 Å². The van der Waals surface area contributed by atoms with Crippen molar-refractivity contribution in [2.45, 2.75) is 44.3 Å². The molecule has 0 saturated carbocycles. The van der Waals surface area contributed by atoms with E-state index in [9.17, 15) is 27.5 Å². The molecule has 0 radical (unpaired) electrons. The van der Waals surface area contributed by atoms with E-state index < -0.39 is 45.1 Å². The number of amides is 1. The van der Waals surface area contributed by atoms with Crippen LogP contribution in [0.2, 0.25) is 0 Å². The van der Waals surface area contributed by atoms with Gasteiger partial charge in [0.1, 0.15) is 23.5 Å². The molecule has 0 aliphatic carbocycles. The van der Waals surface area contributed by atoms with E-state index in [1.807, 2.05) is 0 Å². The summed E-state index contributed by atoms with van der Waals surface area (Å²) in [5, 5.41) is 9.10. The van der Waals surface area contributed by atoms with Crippen LogP contribution in [0.25, 0.3) is 11.0 Å². The van der Waals surface area contributed by atoms with Crippen LogP contribution in [0.4, 0.5) is 9.18 Å². The standard InChI is InChI=1S/C21H27FN2O7S/c1-21(2,3)31-20(27)23-8-6-14(7-9-23)12-24(13-18(25)26)32(28,29)19-11-15-10-16(22)4-5-17(15)30-19/h4-5,10-11,14H,6-9,12-13H2,1-3H3,(H,25,26). The number of hydrogen-bond donors (Lipinski definition) is 1. The number of aliphatic carboxylic acids is 1. The van der Waals surface area contributed by atoms with Crippen LogP contribution in [-0.4, -0.2) is 66.6 Å². The molecule has 32 heavy (non-hydrogen) atoms. The summed E-state index contributed by atoms with van der Waals surface area (Å²) in [7, 11) is -4.27. The van der Waals surface area contributed by atoms with Crippen molar-refractivity contribution in [3.05, 3.63) is 30.1 Å². The van der Waals surface area contributed by atoms with Gasteiger partial charge in [-0.15, -0.1) is 0 Å². The summed E-state index contributed by atoms with van der Waals surface area (Å²) in [6.45, 7) is 5.31. The van der Waals surface area contributed by atoms with Crippen molar-refractivity contribution in [3.63, 3.8) is 0 Å². The summed E-state index contributed by atoms with van der Waals surface area (Å²) >= 11 is 0. The average Bonchev–Trinajstić information content (AvgIpc) is 3.10. The van der Waals surface area contributed by atoms with Crippen molar-refractivity contribution in [2.75, 3.05) is 26.2 Å². The van der Waals surface area contributed by atoms with Crippen molar-refractivity contribution in [1.29, 1.82) is 0 Å². The highest BCUT2D eigenvalue weighted by molar-refractivity contribution is 7.89. The molecular weight excluding hydrogens is 443 g/mol. The number of halogens is 1. The van der Waals surface area contributed by atoms with Crippen LogP contribution < -0.4 is 0 Å². The summed E-state index contributed by atoms with van der Waals surface area (Å²) in [6, 6.07) is 4.80. The van der Waals surface area contributed by atoms with E-state index >= 15 is 0 Å². The van der Waals surface area contributed by atoms with E-state index in [-0.39, 0.29) is 23.4 Å². The molecule has 1 saturated heterocycles. The Bertz CT molecular complexity index is 1100. The molecule has 1 aromatic carbocycles. The molecule has 0 atom stereocenters. The van der Waals surface area contributed by atoms with Gasteiger partial charge in [-0.25, -0.2) is 17.6 Å². The second-order valence-electron chi connectivity index (χ2n) is 8.85. The topological polar surface area (TPSA) is 117 Å². The maximum Gasteiger partial charge on any atom is 0.410 e. The van der Waals surface area contributed by atoms with Crippen molar-refractivity contribution in [3.8, 4) is 0 Å². The van der Waals surface area contributed by atoms with Gasteiger partial charge in [0.2, 0.25) is 5.09 Å². The highest BCUT2D eigenvalue weighted by atomic mass is 32.2. The zero-order valence-corrected chi connectivity index (χ0v) is 19.0. The summed E-state index contributed by atoms with van der Waals surface area (Å²) in [4.78, 5) is 25.1. The molecule has 11 heteroatoms. The van der Waals surface area contributed by atoms with Gasteiger partial charge in [-0.1, -0.05) is 0 Å². The fourth-order valence-corrected chi connectivity index (χ4v) is 4.97. The van der Waals surface area contributed by atoms with E-state index in [4.69, 9.17) is 9.15 Å². The third kappa shape index (κ3) is 5.77. The lowest BCUT2D eigenvalue weighted by Crippen LogP contribution is -2.45. The number of carboxylic acids is 1. The Morgan fingerprint density at radius 2 is 1.91 bits per heavy atom. The van der Waals surface area contributed by atoms with Crippen LogP contribution in [0.5, 0.6) is 0 Å². The van der Waals surface area contributed by atoms with Gasteiger partial charge in [0.15, 0.2) is 0 Å². The lowest BCUT2D eigenvalue weighted by Gasteiger charge is -2.34. The molecule has 176 valence electrons. The molecule has 2 aromatic rings. The molecule has 3 rings (SSSR count). The lowest BCUT2D eigenvalue weighted by atomic mass is 9.97. The normalized spacial score (nSPS) is 16.0. The van der Waals surface area contributed by atoms with Gasteiger partial charge in [-0.2, -0.15) is 4.31 Å². The van der Waals surface area contributed by atoms with Gasteiger partial charge in [0.25, 0.3) is 10.0 Å². The van der Waals surface area contributed by atoms with Gasteiger partial charge in [0.05, 0.1) is 0 Å². The minimum absolute atomic E-state index is 0.0395. The smallest absolute Gasteiger partial charge is 0.410 e. The predicted molar refractivity (Wildman–Crippen MR) is 113 cm³/mol. The number of fused-ring (bicyclic) bond motifs is 1. The van der Waals surface area contributed by atoms with Crippen LogP contribution >= 0.6 is 0 Å². The van der Waals surface area contributed by atoms with Crippen molar-refractivity contribution < 1.29 is 36.7 Å². The predicted octanol–water partition coefficient (Wildman–Crippen LogP) is 3.29. The molecule has 1 aliphatic heterocycles. The molecule has 0 bridgehead atoms. The van der Waals surface area contributed by atoms with Gasteiger partial charge >= 0.3 is 12.1 Å². The van der Waals surface area contributed by atoms with E-state index in [2.05, 4.69) is 0 Å².